The van der Waals surface area contributed by atoms with Crippen molar-refractivity contribution in [2.75, 3.05) is 0 Å². The molecule has 82 valence electrons. The maximum absolute atomic E-state index is 11.0. The third kappa shape index (κ3) is 2.54. The van der Waals surface area contributed by atoms with Crippen molar-refractivity contribution in [3.05, 3.63) is 53.1 Å². The van der Waals surface area contributed by atoms with Crippen LogP contribution in [0.25, 0.3) is 6.08 Å². The molecule has 0 spiro atoms. The van der Waals surface area contributed by atoms with Crippen LogP contribution in [-0.2, 0) is 4.79 Å². The van der Waals surface area contributed by atoms with Gasteiger partial charge in [-0.15, -0.1) is 0 Å². The summed E-state index contributed by atoms with van der Waals surface area (Å²) in [4.78, 5) is 20.9. The monoisotopic (exact) mass is 219 g/mol. The molecule has 5 heteroatoms. The summed E-state index contributed by atoms with van der Waals surface area (Å²) in [7, 11) is 0. The van der Waals surface area contributed by atoms with Crippen LogP contribution in [0.2, 0.25) is 0 Å². The second-order valence-electron chi connectivity index (χ2n) is 2.81. The Kier molecular flexibility index (Phi) is 3.55. The second-order valence-corrected chi connectivity index (χ2v) is 2.81. The summed E-state index contributed by atoms with van der Waals surface area (Å²) in [5.74, 6) is -0.414. The van der Waals surface area contributed by atoms with Crippen LogP contribution in [0.1, 0.15) is 5.56 Å². The van der Waals surface area contributed by atoms with Gasteiger partial charge < -0.3 is 4.74 Å². The number of nitrogens with zero attached hydrogens (tertiary/aromatic N) is 1. The summed E-state index contributed by atoms with van der Waals surface area (Å²) < 4.78 is 4.87. The zero-order valence-electron chi connectivity index (χ0n) is 8.38. The summed E-state index contributed by atoms with van der Waals surface area (Å²) in [6.07, 6.45) is 2.38. The number of nitro groups is 1. The van der Waals surface area contributed by atoms with Crippen LogP contribution in [0.4, 0.5) is 5.69 Å². The van der Waals surface area contributed by atoms with Gasteiger partial charge in [0.1, 0.15) is 5.75 Å². The average Bonchev–Trinajstić information content (AvgIpc) is 2.29. The first-order valence-corrected chi connectivity index (χ1v) is 4.33. The summed E-state index contributed by atoms with van der Waals surface area (Å²) in [5, 5.41) is 10.5. The third-order valence-electron chi connectivity index (χ3n) is 1.80. The van der Waals surface area contributed by atoms with Crippen molar-refractivity contribution in [2.24, 2.45) is 0 Å². The Bertz CT molecular complexity index is 465. The number of hydrogen-bond acceptors (Lipinski definition) is 4. The number of non-ortho nitro benzene ring substituents is 1. The van der Waals surface area contributed by atoms with Crippen LogP contribution in [0.15, 0.2) is 37.4 Å². The fraction of sp³-hybridized carbons (Fsp3) is 0. The van der Waals surface area contributed by atoms with Gasteiger partial charge in [0.05, 0.1) is 4.92 Å². The highest BCUT2D eigenvalue weighted by Crippen LogP contribution is 2.25. The van der Waals surface area contributed by atoms with Crippen LogP contribution in [0.5, 0.6) is 5.75 Å². The Morgan fingerprint density at radius 1 is 1.44 bits per heavy atom. The lowest BCUT2D eigenvalue weighted by molar-refractivity contribution is -0.384. The first-order valence-electron chi connectivity index (χ1n) is 4.33. The van der Waals surface area contributed by atoms with Gasteiger partial charge in [0.25, 0.3) is 5.69 Å². The van der Waals surface area contributed by atoms with E-state index in [0.29, 0.717) is 5.56 Å². The van der Waals surface area contributed by atoms with Crippen LogP contribution in [-0.4, -0.2) is 10.9 Å². The summed E-state index contributed by atoms with van der Waals surface area (Å²) in [5.41, 5.74) is 0.290. The Labute approximate surface area is 91.8 Å². The Balaban J connectivity index is 3.11. The molecule has 0 heterocycles. The van der Waals surface area contributed by atoms with Crippen molar-refractivity contribution < 1.29 is 14.5 Å². The molecular weight excluding hydrogens is 210 g/mol. The first kappa shape index (κ1) is 11.6. The lowest BCUT2D eigenvalue weighted by atomic mass is 10.2. The molecule has 0 bridgehead atoms. The van der Waals surface area contributed by atoms with Gasteiger partial charge in [-0.05, 0) is 6.07 Å². The lowest BCUT2D eigenvalue weighted by Gasteiger charge is -2.04. The highest BCUT2D eigenvalue weighted by Gasteiger charge is 2.11. The fourth-order valence-electron chi connectivity index (χ4n) is 1.05. The molecule has 0 atom stereocenters. The van der Waals surface area contributed by atoms with E-state index in [-0.39, 0.29) is 11.4 Å². The predicted octanol–water partition coefficient (Wildman–Crippen LogP) is 2.33. The van der Waals surface area contributed by atoms with E-state index in [1.807, 2.05) is 0 Å². The van der Waals surface area contributed by atoms with Crippen molar-refractivity contribution in [1.82, 2.24) is 0 Å². The predicted molar refractivity (Wildman–Crippen MR) is 59.0 cm³/mol. The number of nitro benzene ring substituents is 1. The van der Waals surface area contributed by atoms with E-state index in [4.69, 9.17) is 4.74 Å². The van der Waals surface area contributed by atoms with Crippen LogP contribution < -0.4 is 4.74 Å². The van der Waals surface area contributed by atoms with Gasteiger partial charge in [-0.25, -0.2) is 4.79 Å². The van der Waals surface area contributed by atoms with Gasteiger partial charge in [0.2, 0.25) is 0 Å². The number of hydrogen-bond donors (Lipinski definition) is 0. The molecular formula is C11H9NO4. The molecule has 16 heavy (non-hydrogen) atoms. The van der Waals surface area contributed by atoms with Gasteiger partial charge in [0.15, 0.2) is 0 Å². The molecule has 1 rings (SSSR count). The molecule has 1 aromatic rings. The van der Waals surface area contributed by atoms with Gasteiger partial charge in [-0.2, -0.15) is 0 Å². The average molecular weight is 219 g/mol. The topological polar surface area (TPSA) is 69.4 Å². The maximum Gasteiger partial charge on any atom is 0.335 e. The molecule has 0 amide bonds. The van der Waals surface area contributed by atoms with Gasteiger partial charge >= 0.3 is 5.97 Å². The molecule has 0 saturated carbocycles. The Morgan fingerprint density at radius 3 is 2.62 bits per heavy atom. The summed E-state index contributed by atoms with van der Waals surface area (Å²) >= 11 is 0. The molecule has 0 unspecified atom stereocenters. The molecule has 0 aromatic heterocycles. The Morgan fingerprint density at radius 2 is 2.12 bits per heavy atom. The van der Waals surface area contributed by atoms with Crippen molar-refractivity contribution in [2.45, 2.75) is 0 Å². The van der Waals surface area contributed by atoms with E-state index in [9.17, 15) is 14.9 Å². The molecule has 0 N–H and O–H groups in total. The van der Waals surface area contributed by atoms with Gasteiger partial charge in [-0.3, -0.25) is 10.1 Å². The van der Waals surface area contributed by atoms with Gasteiger partial charge in [-0.1, -0.05) is 19.2 Å². The van der Waals surface area contributed by atoms with E-state index < -0.39 is 10.9 Å². The third-order valence-corrected chi connectivity index (χ3v) is 1.80. The van der Waals surface area contributed by atoms with Crippen LogP contribution >= 0.6 is 0 Å². The SMILES string of the molecule is C=CC(=O)Oc1ccc([N+](=O)[O-])cc1C=C. The van der Waals surface area contributed by atoms with E-state index >= 15 is 0 Å². The van der Waals surface area contributed by atoms with E-state index in [2.05, 4.69) is 13.2 Å². The number of rotatable bonds is 4. The number of benzene rings is 1. The molecule has 1 aromatic carbocycles. The summed E-state index contributed by atoms with van der Waals surface area (Å²) in [6, 6.07) is 3.87. The lowest BCUT2D eigenvalue weighted by Crippen LogP contribution is -2.04. The second kappa shape index (κ2) is 4.88. The number of ether oxygens (including phenoxy) is 1. The van der Waals surface area contributed by atoms with Crippen molar-refractivity contribution in [1.29, 1.82) is 0 Å². The molecule has 0 saturated heterocycles. The number of carbonyl (C=O) groups excluding carboxylic acids is 1. The van der Waals surface area contributed by atoms with Crippen molar-refractivity contribution in [3.63, 3.8) is 0 Å². The highest BCUT2D eigenvalue weighted by atomic mass is 16.6. The zero-order chi connectivity index (χ0) is 12.1. The molecule has 0 radical (unpaired) electrons. The highest BCUT2D eigenvalue weighted by molar-refractivity contribution is 5.84. The zero-order valence-corrected chi connectivity index (χ0v) is 8.38. The smallest absolute Gasteiger partial charge is 0.335 e. The van der Waals surface area contributed by atoms with Crippen molar-refractivity contribution >= 4 is 17.7 Å². The standard InChI is InChI=1S/C11H9NO4/c1-3-8-7-9(12(14)15)5-6-10(8)16-11(13)4-2/h3-7H,1-2H2. The van der Waals surface area contributed by atoms with Crippen LogP contribution in [0, 0.1) is 10.1 Å². The molecule has 0 aliphatic carbocycles. The quantitative estimate of drug-likeness (QED) is 0.256. The summed E-state index contributed by atoms with van der Waals surface area (Å²) in [6.45, 7) is 6.73. The normalized spacial score (nSPS) is 9.25. The van der Waals surface area contributed by atoms with Gasteiger partial charge in [0, 0.05) is 23.8 Å². The number of esters is 1. The molecule has 0 aliphatic rings. The molecule has 0 fully saturated rings. The fourth-order valence-corrected chi connectivity index (χ4v) is 1.05. The van der Waals surface area contributed by atoms with Crippen molar-refractivity contribution in [3.8, 4) is 5.75 Å². The molecule has 0 aliphatic heterocycles. The minimum Gasteiger partial charge on any atom is -0.423 e. The van der Waals surface area contributed by atoms with E-state index in [1.165, 1.54) is 24.3 Å². The minimum absolute atomic E-state index is 0.0895. The number of carbonyl (C=O) groups is 1. The largest absolute Gasteiger partial charge is 0.423 e. The van der Waals surface area contributed by atoms with Crippen LogP contribution in [0.3, 0.4) is 0 Å². The maximum atomic E-state index is 11.0. The minimum atomic E-state index is -0.628. The Hall–Kier alpha value is -2.43. The van der Waals surface area contributed by atoms with E-state index in [1.54, 1.807) is 0 Å². The van der Waals surface area contributed by atoms with E-state index in [0.717, 1.165) is 6.08 Å². The first-order chi connectivity index (χ1) is 7.58. The molecule has 5 nitrogen and oxygen atoms in total.